The fraction of sp³-hybridized carbons (Fsp3) is 0. The molecule has 0 aromatic carbocycles. The van der Waals surface area contributed by atoms with Crippen molar-refractivity contribution in [2.24, 2.45) is 0 Å². The zero-order valence-corrected chi connectivity index (χ0v) is 9.52. The van der Waals surface area contributed by atoms with Crippen LogP contribution < -0.4 is 0 Å². The summed E-state index contributed by atoms with van der Waals surface area (Å²) >= 11 is 0. The molecule has 0 bridgehead atoms. The van der Waals surface area contributed by atoms with Gasteiger partial charge in [0.1, 0.15) is 11.0 Å². The van der Waals surface area contributed by atoms with Crippen molar-refractivity contribution in [1.82, 2.24) is 39.9 Å². The average Bonchev–Trinajstić information content (AvgIpc) is 2.94. The second kappa shape index (κ2) is 3.73. The lowest BCUT2D eigenvalue weighted by atomic mass is 10.4. The van der Waals surface area contributed by atoms with Crippen molar-refractivity contribution < 1.29 is 0 Å². The average molecular weight is 250 g/mol. The molecule has 0 saturated heterocycles. The number of H-pyrrole nitrogens is 1. The van der Waals surface area contributed by atoms with Gasteiger partial charge in [0.05, 0.1) is 18.7 Å². The maximum absolute atomic E-state index is 4.29. The van der Waals surface area contributed by atoms with E-state index >= 15 is 0 Å². The smallest absolute Gasteiger partial charge is 0.199 e. The molecule has 0 saturated carbocycles. The Kier molecular flexibility index (Phi) is 1.95. The van der Waals surface area contributed by atoms with Crippen molar-refractivity contribution in [2.45, 2.75) is 0 Å². The number of aromatic nitrogens is 8. The SMILES string of the molecule is c1cnc2nc(-c3ncc4[nH]cnc4n3)ncc2n1. The Hall–Kier alpha value is -3.03. The quantitative estimate of drug-likeness (QED) is 0.531. The normalized spacial score (nSPS) is 11.2. The van der Waals surface area contributed by atoms with Gasteiger partial charge in [-0.1, -0.05) is 0 Å². The van der Waals surface area contributed by atoms with Crippen LogP contribution in [0.3, 0.4) is 0 Å². The second-order valence-electron chi connectivity index (χ2n) is 3.79. The standard InChI is InChI=1S/C11H6N8/c1-2-13-8-6(12-1)3-14-10(18-8)11-15-4-7-9(19-11)17-5-16-7/h1-5H,(H,15,16,17,19). The lowest BCUT2D eigenvalue weighted by Crippen LogP contribution is -1.97. The summed E-state index contributed by atoms with van der Waals surface area (Å²) in [5.41, 5.74) is 2.49. The van der Waals surface area contributed by atoms with E-state index in [-0.39, 0.29) is 0 Å². The molecule has 0 amide bonds. The van der Waals surface area contributed by atoms with Gasteiger partial charge in [-0.25, -0.2) is 34.9 Å². The summed E-state index contributed by atoms with van der Waals surface area (Å²) in [6.07, 6.45) is 7.99. The van der Waals surface area contributed by atoms with E-state index in [2.05, 4.69) is 39.9 Å². The summed E-state index contributed by atoms with van der Waals surface area (Å²) < 4.78 is 0. The van der Waals surface area contributed by atoms with Gasteiger partial charge < -0.3 is 4.98 Å². The Morgan fingerprint density at radius 2 is 1.53 bits per heavy atom. The highest BCUT2D eigenvalue weighted by atomic mass is 15.1. The molecule has 0 fully saturated rings. The molecule has 0 aliphatic carbocycles. The van der Waals surface area contributed by atoms with Crippen LogP contribution in [0.2, 0.25) is 0 Å². The Morgan fingerprint density at radius 1 is 0.737 bits per heavy atom. The van der Waals surface area contributed by atoms with Gasteiger partial charge in [-0.3, -0.25) is 0 Å². The van der Waals surface area contributed by atoms with Gasteiger partial charge in [0, 0.05) is 12.4 Å². The highest BCUT2D eigenvalue weighted by Gasteiger charge is 2.09. The zero-order chi connectivity index (χ0) is 12.7. The van der Waals surface area contributed by atoms with E-state index in [9.17, 15) is 0 Å². The lowest BCUT2D eigenvalue weighted by molar-refractivity contribution is 1.09. The number of nitrogens with zero attached hydrogens (tertiary/aromatic N) is 7. The Labute approximate surface area is 106 Å². The number of hydrogen-bond donors (Lipinski definition) is 1. The van der Waals surface area contributed by atoms with Crippen LogP contribution in [0.15, 0.2) is 31.1 Å². The molecule has 4 rings (SSSR count). The first kappa shape index (κ1) is 9.95. The molecule has 0 aliphatic rings. The highest BCUT2D eigenvalue weighted by Crippen LogP contribution is 2.14. The van der Waals surface area contributed by atoms with Gasteiger partial charge in [0.25, 0.3) is 0 Å². The summed E-state index contributed by atoms with van der Waals surface area (Å²) in [6, 6.07) is 0. The van der Waals surface area contributed by atoms with E-state index in [0.29, 0.717) is 28.5 Å². The van der Waals surface area contributed by atoms with Crippen molar-refractivity contribution in [1.29, 1.82) is 0 Å². The molecule has 90 valence electrons. The van der Waals surface area contributed by atoms with Gasteiger partial charge in [0.2, 0.25) is 0 Å². The van der Waals surface area contributed by atoms with E-state index in [1.54, 1.807) is 31.1 Å². The predicted molar refractivity (Wildman–Crippen MR) is 65.8 cm³/mol. The molecule has 4 aromatic rings. The molecule has 8 nitrogen and oxygen atoms in total. The summed E-state index contributed by atoms with van der Waals surface area (Å²) in [7, 11) is 0. The minimum Gasteiger partial charge on any atom is -0.342 e. The van der Waals surface area contributed by atoms with E-state index in [1.807, 2.05) is 0 Å². The molecule has 0 aliphatic heterocycles. The number of rotatable bonds is 1. The van der Waals surface area contributed by atoms with Crippen molar-refractivity contribution in [3.8, 4) is 11.6 Å². The van der Waals surface area contributed by atoms with Gasteiger partial charge in [-0.05, 0) is 0 Å². The summed E-state index contributed by atoms with van der Waals surface area (Å²) in [6.45, 7) is 0. The van der Waals surface area contributed by atoms with E-state index < -0.39 is 0 Å². The van der Waals surface area contributed by atoms with Crippen LogP contribution >= 0.6 is 0 Å². The first-order valence-corrected chi connectivity index (χ1v) is 5.50. The van der Waals surface area contributed by atoms with Crippen LogP contribution in [-0.2, 0) is 0 Å². The van der Waals surface area contributed by atoms with E-state index in [4.69, 9.17) is 0 Å². The van der Waals surface area contributed by atoms with Gasteiger partial charge >= 0.3 is 0 Å². The lowest BCUT2D eigenvalue weighted by Gasteiger charge is -1.99. The minimum atomic E-state index is 0.401. The number of fused-ring (bicyclic) bond motifs is 2. The third kappa shape index (κ3) is 1.58. The Morgan fingerprint density at radius 3 is 2.47 bits per heavy atom. The third-order valence-corrected chi connectivity index (χ3v) is 2.60. The van der Waals surface area contributed by atoms with Crippen LogP contribution in [0.5, 0.6) is 0 Å². The molecule has 19 heavy (non-hydrogen) atoms. The Balaban J connectivity index is 1.92. The van der Waals surface area contributed by atoms with Crippen LogP contribution in [0, 0.1) is 0 Å². The van der Waals surface area contributed by atoms with Crippen LogP contribution in [-0.4, -0.2) is 39.9 Å². The van der Waals surface area contributed by atoms with Crippen molar-refractivity contribution in [3.63, 3.8) is 0 Å². The molecular weight excluding hydrogens is 244 g/mol. The summed E-state index contributed by atoms with van der Waals surface area (Å²) in [5.74, 6) is 0.810. The number of nitrogens with one attached hydrogen (secondary N) is 1. The van der Waals surface area contributed by atoms with E-state index in [0.717, 1.165) is 5.52 Å². The predicted octanol–water partition coefficient (Wildman–Crippen LogP) is 0.753. The molecule has 0 spiro atoms. The largest absolute Gasteiger partial charge is 0.342 e. The molecule has 0 unspecified atom stereocenters. The molecule has 0 atom stereocenters. The summed E-state index contributed by atoms with van der Waals surface area (Å²) in [4.78, 5) is 32.2. The number of hydrogen-bond acceptors (Lipinski definition) is 7. The molecule has 1 N–H and O–H groups in total. The zero-order valence-electron chi connectivity index (χ0n) is 9.52. The van der Waals surface area contributed by atoms with Gasteiger partial charge in [-0.15, -0.1) is 0 Å². The third-order valence-electron chi connectivity index (χ3n) is 2.60. The maximum atomic E-state index is 4.29. The van der Waals surface area contributed by atoms with Crippen LogP contribution in [0.1, 0.15) is 0 Å². The van der Waals surface area contributed by atoms with Gasteiger partial charge in [0.15, 0.2) is 22.9 Å². The van der Waals surface area contributed by atoms with Gasteiger partial charge in [-0.2, -0.15) is 0 Å². The first-order chi connectivity index (χ1) is 9.40. The molecule has 4 aromatic heterocycles. The van der Waals surface area contributed by atoms with Crippen LogP contribution in [0.4, 0.5) is 0 Å². The summed E-state index contributed by atoms with van der Waals surface area (Å²) in [5, 5.41) is 0. The number of imidazole rings is 1. The monoisotopic (exact) mass is 250 g/mol. The molecule has 8 heteroatoms. The highest BCUT2D eigenvalue weighted by molar-refractivity contribution is 5.72. The molecule has 0 radical (unpaired) electrons. The first-order valence-electron chi connectivity index (χ1n) is 5.50. The topological polar surface area (TPSA) is 106 Å². The fourth-order valence-electron chi connectivity index (χ4n) is 1.72. The Bertz CT molecular complexity index is 884. The molecule has 4 heterocycles. The van der Waals surface area contributed by atoms with Crippen molar-refractivity contribution >= 4 is 22.3 Å². The van der Waals surface area contributed by atoms with E-state index in [1.165, 1.54) is 0 Å². The van der Waals surface area contributed by atoms with Crippen LogP contribution in [0.25, 0.3) is 34.0 Å². The number of aromatic amines is 1. The second-order valence-corrected chi connectivity index (χ2v) is 3.79. The van der Waals surface area contributed by atoms with Crippen molar-refractivity contribution in [2.75, 3.05) is 0 Å². The molecular formula is C11H6N8. The minimum absolute atomic E-state index is 0.401. The fourth-order valence-corrected chi connectivity index (χ4v) is 1.72. The van der Waals surface area contributed by atoms with Crippen molar-refractivity contribution in [3.05, 3.63) is 31.1 Å². The maximum Gasteiger partial charge on any atom is 0.199 e.